The van der Waals surface area contributed by atoms with Gasteiger partial charge in [0.1, 0.15) is 0 Å². The van der Waals surface area contributed by atoms with E-state index >= 15 is 0 Å². The number of alkyl halides is 3. The highest BCUT2D eigenvalue weighted by Crippen LogP contribution is 2.20. The first-order valence-corrected chi connectivity index (χ1v) is 5.54. The summed E-state index contributed by atoms with van der Waals surface area (Å²) in [6.07, 6.45) is -2.75. The summed E-state index contributed by atoms with van der Waals surface area (Å²) in [6, 6.07) is 0.405. The minimum Gasteiger partial charge on any atom is -0.356 e. The van der Waals surface area contributed by atoms with E-state index in [9.17, 15) is 18.0 Å². The molecule has 0 aromatic carbocycles. The summed E-state index contributed by atoms with van der Waals surface area (Å²) < 4.78 is 35.4. The van der Waals surface area contributed by atoms with Gasteiger partial charge in [0.2, 0.25) is 5.91 Å². The minimum absolute atomic E-state index is 0. The summed E-state index contributed by atoms with van der Waals surface area (Å²) in [5.74, 6) is -0.518. The average Bonchev–Trinajstić information content (AvgIpc) is 2.66. The molecule has 7 heteroatoms. The van der Waals surface area contributed by atoms with E-state index < -0.39 is 24.9 Å². The van der Waals surface area contributed by atoms with Gasteiger partial charge in [0, 0.05) is 19.0 Å². The zero-order valence-corrected chi connectivity index (χ0v) is 10.3. The lowest BCUT2D eigenvalue weighted by molar-refractivity contribution is -0.144. The summed E-state index contributed by atoms with van der Waals surface area (Å²) in [5.41, 5.74) is 0. The Balaban J connectivity index is 0.00000256. The Kier molecular flexibility index (Phi) is 7.54. The topological polar surface area (TPSA) is 41.1 Å². The molecular formula is C10H18ClF3N2O. The largest absolute Gasteiger partial charge is 0.389 e. The van der Waals surface area contributed by atoms with Crippen molar-refractivity contribution in [3.8, 4) is 0 Å². The maximum atomic E-state index is 11.8. The van der Waals surface area contributed by atoms with Crippen molar-refractivity contribution in [2.45, 2.75) is 44.3 Å². The quantitative estimate of drug-likeness (QED) is 0.805. The van der Waals surface area contributed by atoms with Gasteiger partial charge in [-0.1, -0.05) is 0 Å². The lowest BCUT2D eigenvalue weighted by Crippen LogP contribution is -2.31. The van der Waals surface area contributed by atoms with Crippen molar-refractivity contribution in [2.24, 2.45) is 0 Å². The molecule has 0 unspecified atom stereocenters. The SMILES string of the molecule is Cl.O=C(CCC(F)(F)F)NCC[C@H]1CCCN1. The number of hydrogen-bond acceptors (Lipinski definition) is 2. The van der Waals surface area contributed by atoms with Crippen LogP contribution in [-0.2, 0) is 4.79 Å². The predicted molar refractivity (Wildman–Crippen MR) is 61.2 cm³/mol. The fourth-order valence-electron chi connectivity index (χ4n) is 1.73. The molecule has 0 bridgehead atoms. The summed E-state index contributed by atoms with van der Waals surface area (Å²) in [4.78, 5) is 11.0. The number of nitrogens with one attached hydrogen (secondary N) is 2. The lowest BCUT2D eigenvalue weighted by Gasteiger charge is -2.11. The van der Waals surface area contributed by atoms with Crippen molar-refractivity contribution in [3.05, 3.63) is 0 Å². The molecule has 3 nitrogen and oxygen atoms in total. The van der Waals surface area contributed by atoms with E-state index in [-0.39, 0.29) is 12.4 Å². The second kappa shape index (κ2) is 7.76. The summed E-state index contributed by atoms with van der Waals surface area (Å²) in [5, 5.41) is 5.76. The van der Waals surface area contributed by atoms with Gasteiger partial charge in [-0.15, -0.1) is 12.4 Å². The molecule has 102 valence electrons. The molecule has 0 saturated carbocycles. The molecule has 1 atom stereocenters. The van der Waals surface area contributed by atoms with Crippen LogP contribution < -0.4 is 10.6 Å². The monoisotopic (exact) mass is 274 g/mol. The van der Waals surface area contributed by atoms with E-state index in [2.05, 4.69) is 10.6 Å². The van der Waals surface area contributed by atoms with Crippen molar-refractivity contribution >= 4 is 18.3 Å². The van der Waals surface area contributed by atoms with Crippen LogP contribution in [-0.4, -0.2) is 31.2 Å². The Bertz CT molecular complexity index is 230. The zero-order chi connectivity index (χ0) is 12.0. The van der Waals surface area contributed by atoms with E-state index in [0.717, 1.165) is 25.8 Å². The first-order chi connectivity index (χ1) is 7.47. The molecule has 2 N–H and O–H groups in total. The first-order valence-electron chi connectivity index (χ1n) is 5.54. The highest BCUT2D eigenvalue weighted by atomic mass is 35.5. The fourth-order valence-corrected chi connectivity index (χ4v) is 1.73. The molecule has 0 aliphatic carbocycles. The second-order valence-corrected chi connectivity index (χ2v) is 4.05. The lowest BCUT2D eigenvalue weighted by atomic mass is 10.1. The standard InChI is InChI=1S/C10H17F3N2O.ClH/c11-10(12,13)5-3-9(16)15-7-4-8-2-1-6-14-8;/h8,14H,1-7H2,(H,15,16);1H/t8-;/m1./s1. The maximum absolute atomic E-state index is 11.8. The summed E-state index contributed by atoms with van der Waals surface area (Å²) >= 11 is 0. The second-order valence-electron chi connectivity index (χ2n) is 4.05. The molecule has 1 aliphatic rings. The zero-order valence-electron chi connectivity index (χ0n) is 9.48. The van der Waals surface area contributed by atoms with E-state index in [1.54, 1.807) is 0 Å². The van der Waals surface area contributed by atoms with Gasteiger partial charge in [-0.3, -0.25) is 4.79 Å². The van der Waals surface area contributed by atoms with Gasteiger partial charge in [0.15, 0.2) is 0 Å². The normalized spacial score (nSPS) is 19.8. The van der Waals surface area contributed by atoms with E-state index in [0.29, 0.717) is 12.6 Å². The first kappa shape index (κ1) is 16.5. The van der Waals surface area contributed by atoms with Crippen LogP contribution in [0.15, 0.2) is 0 Å². The number of carbonyl (C=O) groups excluding carboxylic acids is 1. The number of carbonyl (C=O) groups is 1. The average molecular weight is 275 g/mol. The van der Waals surface area contributed by atoms with Crippen LogP contribution in [0.5, 0.6) is 0 Å². The Morgan fingerprint density at radius 2 is 2.12 bits per heavy atom. The van der Waals surface area contributed by atoms with Crippen molar-refractivity contribution in [2.75, 3.05) is 13.1 Å². The molecule has 0 aromatic rings. The van der Waals surface area contributed by atoms with Crippen molar-refractivity contribution in [1.82, 2.24) is 10.6 Å². The minimum atomic E-state index is -4.25. The molecule has 1 amide bonds. The van der Waals surface area contributed by atoms with Gasteiger partial charge in [-0.25, -0.2) is 0 Å². The third-order valence-corrected chi connectivity index (χ3v) is 2.61. The molecule has 1 rings (SSSR count). The van der Waals surface area contributed by atoms with Gasteiger partial charge in [-0.2, -0.15) is 13.2 Å². The Hall–Kier alpha value is -0.490. The van der Waals surface area contributed by atoms with Crippen molar-refractivity contribution in [1.29, 1.82) is 0 Å². The Labute approximate surface area is 105 Å². The van der Waals surface area contributed by atoms with E-state index in [1.165, 1.54) is 0 Å². The fraction of sp³-hybridized carbons (Fsp3) is 0.900. The third kappa shape index (κ3) is 8.26. The number of hydrogen-bond donors (Lipinski definition) is 2. The molecule has 1 saturated heterocycles. The van der Waals surface area contributed by atoms with Crippen LogP contribution in [0.25, 0.3) is 0 Å². The number of rotatable bonds is 5. The Morgan fingerprint density at radius 3 is 2.65 bits per heavy atom. The molecule has 1 aliphatic heterocycles. The van der Waals surface area contributed by atoms with Crippen LogP contribution in [0, 0.1) is 0 Å². The molecular weight excluding hydrogens is 257 g/mol. The van der Waals surface area contributed by atoms with Crippen LogP contribution in [0.1, 0.15) is 32.1 Å². The summed E-state index contributed by atoms with van der Waals surface area (Å²) in [7, 11) is 0. The number of amides is 1. The molecule has 17 heavy (non-hydrogen) atoms. The maximum Gasteiger partial charge on any atom is 0.389 e. The highest BCUT2D eigenvalue weighted by molar-refractivity contribution is 5.85. The van der Waals surface area contributed by atoms with Crippen LogP contribution >= 0.6 is 12.4 Å². The highest BCUT2D eigenvalue weighted by Gasteiger charge is 2.27. The van der Waals surface area contributed by atoms with Crippen LogP contribution in [0.2, 0.25) is 0 Å². The predicted octanol–water partition coefficient (Wildman–Crippen LogP) is 2.01. The van der Waals surface area contributed by atoms with Gasteiger partial charge >= 0.3 is 6.18 Å². The molecule has 0 aromatic heterocycles. The summed E-state index contributed by atoms with van der Waals surface area (Å²) in [6.45, 7) is 1.45. The van der Waals surface area contributed by atoms with Gasteiger partial charge < -0.3 is 10.6 Å². The number of halogens is 4. The van der Waals surface area contributed by atoms with Crippen LogP contribution in [0.4, 0.5) is 13.2 Å². The third-order valence-electron chi connectivity index (χ3n) is 2.61. The van der Waals surface area contributed by atoms with E-state index in [4.69, 9.17) is 0 Å². The van der Waals surface area contributed by atoms with Gasteiger partial charge in [0.05, 0.1) is 6.42 Å². The van der Waals surface area contributed by atoms with Crippen molar-refractivity contribution < 1.29 is 18.0 Å². The van der Waals surface area contributed by atoms with E-state index in [1.807, 2.05) is 0 Å². The smallest absolute Gasteiger partial charge is 0.356 e. The van der Waals surface area contributed by atoms with Crippen molar-refractivity contribution in [3.63, 3.8) is 0 Å². The van der Waals surface area contributed by atoms with Gasteiger partial charge in [-0.05, 0) is 25.8 Å². The molecule has 0 spiro atoms. The molecule has 0 radical (unpaired) electrons. The van der Waals surface area contributed by atoms with Crippen LogP contribution in [0.3, 0.4) is 0 Å². The van der Waals surface area contributed by atoms with Gasteiger partial charge in [0.25, 0.3) is 0 Å². The molecule has 1 fully saturated rings. The Morgan fingerprint density at radius 1 is 1.41 bits per heavy atom. The molecule has 1 heterocycles.